The number of benzene rings is 3. The number of hydrogen-bond acceptors (Lipinski definition) is 5. The Morgan fingerprint density at radius 2 is 1.94 bits per heavy atom. The Morgan fingerprint density at radius 3 is 2.72 bits per heavy atom. The standard InChI is InChI=1S/C23H22ClFN2O4S/c1-27-9-10-31-21-6-4-3-5-17(21)16-7-8-19(25)20(13-16)26-32(28,29)22-12-15(14-27)11-18(24)23(22)30-2/h3-8,11-13,26H,9-10,14H2,1-2H3. The molecule has 0 aromatic heterocycles. The average Bonchev–Trinajstić information content (AvgIpc) is 2.75. The fourth-order valence-electron chi connectivity index (χ4n) is 3.61. The lowest BCUT2D eigenvalue weighted by Crippen LogP contribution is -2.24. The first-order chi connectivity index (χ1) is 15.3. The van der Waals surface area contributed by atoms with Gasteiger partial charge in [0.15, 0.2) is 5.75 Å². The molecule has 168 valence electrons. The van der Waals surface area contributed by atoms with Gasteiger partial charge in [-0.05, 0) is 48.5 Å². The fourth-order valence-corrected chi connectivity index (χ4v) is 5.29. The molecule has 4 rings (SSSR count). The summed E-state index contributed by atoms with van der Waals surface area (Å²) in [5, 5.41) is 0.154. The Labute approximate surface area is 191 Å². The molecule has 0 unspecified atom stereocenters. The Morgan fingerprint density at radius 1 is 1.16 bits per heavy atom. The second-order valence-corrected chi connectivity index (χ2v) is 9.55. The summed E-state index contributed by atoms with van der Waals surface area (Å²) in [6.07, 6.45) is 0. The first kappa shape index (κ1) is 22.4. The van der Waals surface area contributed by atoms with Crippen molar-refractivity contribution in [2.45, 2.75) is 11.4 Å². The fraction of sp³-hybridized carbons (Fsp3) is 0.217. The van der Waals surface area contributed by atoms with E-state index < -0.39 is 15.8 Å². The molecule has 0 atom stereocenters. The molecule has 0 amide bonds. The monoisotopic (exact) mass is 476 g/mol. The highest BCUT2D eigenvalue weighted by atomic mass is 35.5. The smallest absolute Gasteiger partial charge is 0.265 e. The molecule has 3 aromatic rings. The van der Waals surface area contributed by atoms with Crippen molar-refractivity contribution in [1.82, 2.24) is 4.90 Å². The summed E-state index contributed by atoms with van der Waals surface area (Å²) in [6, 6.07) is 14.7. The van der Waals surface area contributed by atoms with Gasteiger partial charge in [0.1, 0.15) is 23.1 Å². The van der Waals surface area contributed by atoms with Gasteiger partial charge < -0.3 is 9.47 Å². The molecule has 1 aliphatic heterocycles. The van der Waals surface area contributed by atoms with Crippen molar-refractivity contribution >= 4 is 27.3 Å². The zero-order valence-electron chi connectivity index (χ0n) is 17.6. The quantitative estimate of drug-likeness (QED) is 0.547. The molecule has 0 saturated heterocycles. The van der Waals surface area contributed by atoms with Crippen molar-refractivity contribution in [2.75, 3.05) is 32.0 Å². The summed E-state index contributed by atoms with van der Waals surface area (Å²) in [5.41, 5.74) is 1.82. The number of rotatable bonds is 1. The van der Waals surface area contributed by atoms with E-state index >= 15 is 0 Å². The lowest BCUT2D eigenvalue weighted by Gasteiger charge is -2.19. The van der Waals surface area contributed by atoms with Crippen molar-refractivity contribution in [1.29, 1.82) is 0 Å². The molecule has 0 aliphatic carbocycles. The summed E-state index contributed by atoms with van der Waals surface area (Å²) in [6.45, 7) is 1.43. The number of halogens is 2. The second kappa shape index (κ2) is 8.97. The minimum absolute atomic E-state index is 0.000118. The minimum atomic E-state index is -4.21. The van der Waals surface area contributed by atoms with E-state index in [0.29, 0.717) is 36.6 Å². The van der Waals surface area contributed by atoms with E-state index in [0.717, 1.165) is 5.56 Å². The van der Waals surface area contributed by atoms with Crippen molar-refractivity contribution in [3.63, 3.8) is 0 Å². The molecular weight excluding hydrogens is 455 g/mol. The van der Waals surface area contributed by atoms with Gasteiger partial charge in [0.05, 0.1) is 17.8 Å². The van der Waals surface area contributed by atoms with Gasteiger partial charge in [0.2, 0.25) is 0 Å². The molecule has 0 fully saturated rings. The van der Waals surface area contributed by atoms with Gasteiger partial charge in [0.25, 0.3) is 10.0 Å². The SMILES string of the molecule is COc1c(Cl)cc2cc1S(=O)(=O)Nc1cc(ccc1F)-c1ccccc1OCCN(C)C2. The van der Waals surface area contributed by atoms with Crippen LogP contribution in [0.4, 0.5) is 10.1 Å². The van der Waals surface area contributed by atoms with E-state index in [4.69, 9.17) is 21.1 Å². The van der Waals surface area contributed by atoms with Crippen LogP contribution < -0.4 is 14.2 Å². The lowest BCUT2D eigenvalue weighted by molar-refractivity contribution is 0.233. The summed E-state index contributed by atoms with van der Waals surface area (Å²) in [4.78, 5) is 1.83. The van der Waals surface area contributed by atoms with Crippen LogP contribution in [-0.2, 0) is 16.6 Å². The molecule has 1 aliphatic rings. The summed E-state index contributed by atoms with van der Waals surface area (Å²) in [7, 11) is -0.972. The molecule has 0 radical (unpaired) electrons. The van der Waals surface area contributed by atoms with E-state index in [9.17, 15) is 12.8 Å². The van der Waals surface area contributed by atoms with E-state index in [2.05, 4.69) is 4.72 Å². The van der Waals surface area contributed by atoms with Gasteiger partial charge in [-0.3, -0.25) is 9.62 Å². The van der Waals surface area contributed by atoms with E-state index in [-0.39, 0.29) is 21.4 Å². The van der Waals surface area contributed by atoms with E-state index in [1.165, 1.54) is 25.3 Å². The zero-order valence-corrected chi connectivity index (χ0v) is 19.1. The van der Waals surface area contributed by atoms with Gasteiger partial charge in [-0.15, -0.1) is 0 Å². The number of fused-ring (bicyclic) bond motifs is 6. The van der Waals surface area contributed by atoms with Crippen LogP contribution in [0.1, 0.15) is 5.56 Å². The molecule has 1 N–H and O–H groups in total. The van der Waals surface area contributed by atoms with Gasteiger partial charge in [-0.1, -0.05) is 35.9 Å². The minimum Gasteiger partial charge on any atom is -0.494 e. The first-order valence-corrected chi connectivity index (χ1v) is 11.7. The van der Waals surface area contributed by atoms with Crippen LogP contribution >= 0.6 is 11.6 Å². The maximum atomic E-state index is 14.6. The van der Waals surface area contributed by atoms with Crippen LogP contribution in [0.5, 0.6) is 11.5 Å². The number of hydrogen-bond donors (Lipinski definition) is 1. The highest BCUT2D eigenvalue weighted by Gasteiger charge is 2.25. The number of likely N-dealkylation sites (N-methyl/N-ethyl adjacent to an activating group) is 1. The number of anilines is 1. The van der Waals surface area contributed by atoms with Crippen LogP contribution in [0.3, 0.4) is 0 Å². The highest BCUT2D eigenvalue weighted by Crippen LogP contribution is 2.37. The van der Waals surface area contributed by atoms with E-state index in [1.54, 1.807) is 12.1 Å². The Balaban J connectivity index is 1.90. The van der Waals surface area contributed by atoms with Gasteiger partial charge in [0, 0.05) is 18.7 Å². The van der Waals surface area contributed by atoms with Gasteiger partial charge >= 0.3 is 0 Å². The Hall–Kier alpha value is -2.81. The lowest BCUT2D eigenvalue weighted by atomic mass is 10.0. The molecule has 9 heteroatoms. The number of nitrogens with zero attached hydrogens (tertiary/aromatic N) is 1. The predicted octanol–water partition coefficient (Wildman–Crippen LogP) is 4.78. The van der Waals surface area contributed by atoms with Crippen molar-refractivity contribution in [3.8, 4) is 22.6 Å². The maximum absolute atomic E-state index is 14.6. The first-order valence-electron chi connectivity index (χ1n) is 9.88. The number of ether oxygens (including phenoxy) is 2. The van der Waals surface area contributed by atoms with Crippen LogP contribution in [0.2, 0.25) is 5.02 Å². The van der Waals surface area contributed by atoms with Crippen LogP contribution in [0, 0.1) is 5.82 Å². The molecule has 0 spiro atoms. The number of sulfonamides is 1. The molecule has 1 heterocycles. The highest BCUT2D eigenvalue weighted by molar-refractivity contribution is 7.92. The predicted molar refractivity (Wildman–Crippen MR) is 122 cm³/mol. The third kappa shape index (κ3) is 4.53. The third-order valence-electron chi connectivity index (χ3n) is 5.15. The Kier molecular flexibility index (Phi) is 6.28. The maximum Gasteiger partial charge on any atom is 0.265 e. The van der Waals surface area contributed by atoms with Gasteiger partial charge in [-0.2, -0.15) is 0 Å². The molecule has 6 nitrogen and oxygen atoms in total. The van der Waals surface area contributed by atoms with E-state index in [1.807, 2.05) is 36.2 Å². The third-order valence-corrected chi connectivity index (χ3v) is 6.81. The average molecular weight is 477 g/mol. The normalized spacial score (nSPS) is 16.0. The summed E-state index contributed by atoms with van der Waals surface area (Å²) in [5.74, 6) is -0.0809. The second-order valence-electron chi connectivity index (χ2n) is 7.49. The number of nitrogens with one attached hydrogen (secondary N) is 1. The summed E-state index contributed by atoms with van der Waals surface area (Å²) < 4.78 is 54.8. The largest absolute Gasteiger partial charge is 0.494 e. The van der Waals surface area contributed by atoms with Crippen molar-refractivity contribution in [3.05, 3.63) is 71.0 Å². The molecule has 4 bridgehead atoms. The molecule has 0 saturated carbocycles. The number of methoxy groups -OCH3 is 1. The summed E-state index contributed by atoms with van der Waals surface area (Å²) >= 11 is 6.32. The Bertz CT molecular complexity index is 1270. The van der Waals surface area contributed by atoms with Crippen molar-refractivity contribution in [2.24, 2.45) is 0 Å². The van der Waals surface area contributed by atoms with Crippen LogP contribution in [0.15, 0.2) is 59.5 Å². The topological polar surface area (TPSA) is 67.9 Å². The molecule has 3 aromatic carbocycles. The van der Waals surface area contributed by atoms with Crippen molar-refractivity contribution < 1.29 is 22.3 Å². The molecular formula is C23H22ClFN2O4S. The molecule has 32 heavy (non-hydrogen) atoms. The zero-order chi connectivity index (χ0) is 22.9. The van der Waals surface area contributed by atoms with Gasteiger partial charge in [-0.25, -0.2) is 12.8 Å². The van der Waals surface area contributed by atoms with Crippen LogP contribution in [0.25, 0.3) is 11.1 Å². The number of para-hydroxylation sites is 1. The van der Waals surface area contributed by atoms with Crippen LogP contribution in [-0.4, -0.2) is 40.6 Å².